The van der Waals surface area contributed by atoms with E-state index in [0.29, 0.717) is 18.4 Å². The Labute approximate surface area is 107 Å². The number of benzene rings is 1. The van der Waals surface area contributed by atoms with Gasteiger partial charge in [-0.25, -0.2) is 0 Å². The molecule has 1 saturated carbocycles. The zero-order valence-electron chi connectivity index (χ0n) is 10.3. The van der Waals surface area contributed by atoms with Crippen LogP contribution in [0.3, 0.4) is 0 Å². The predicted molar refractivity (Wildman–Crippen MR) is 70.5 cm³/mol. The quantitative estimate of drug-likeness (QED) is 0.788. The first-order valence-electron chi connectivity index (χ1n) is 6.51. The molecule has 18 heavy (non-hydrogen) atoms. The number of carbonyl (C=O) groups is 1. The van der Waals surface area contributed by atoms with Crippen LogP contribution in [0.5, 0.6) is 0 Å². The number of amides is 1. The van der Waals surface area contributed by atoms with Gasteiger partial charge in [-0.05, 0) is 23.8 Å². The molecule has 2 aliphatic carbocycles. The molecule has 3 heteroatoms. The van der Waals surface area contributed by atoms with Gasteiger partial charge in [0.2, 0.25) is 5.91 Å². The van der Waals surface area contributed by atoms with Crippen molar-refractivity contribution in [3.63, 3.8) is 0 Å². The number of nitrogens with two attached hydrogens (primary N) is 1. The topological polar surface area (TPSA) is 55.1 Å². The summed E-state index contributed by atoms with van der Waals surface area (Å²) in [5.41, 5.74) is 7.25. The number of fused-ring (bicyclic) bond motifs is 2. The molecule has 0 heterocycles. The van der Waals surface area contributed by atoms with Gasteiger partial charge in [0, 0.05) is 12.6 Å². The molecule has 0 radical (unpaired) electrons. The lowest BCUT2D eigenvalue weighted by Crippen LogP contribution is -2.43. The summed E-state index contributed by atoms with van der Waals surface area (Å²) in [7, 11) is 0. The number of nitrogens with one attached hydrogen (secondary N) is 1. The summed E-state index contributed by atoms with van der Waals surface area (Å²) in [6.45, 7) is 0.587. The molecule has 0 aliphatic heterocycles. The van der Waals surface area contributed by atoms with E-state index < -0.39 is 0 Å². The smallest absolute Gasteiger partial charge is 0.225 e. The molecule has 1 aromatic rings. The lowest BCUT2D eigenvalue weighted by Gasteiger charge is -2.23. The molecule has 1 fully saturated rings. The van der Waals surface area contributed by atoms with Crippen molar-refractivity contribution in [1.29, 1.82) is 0 Å². The van der Waals surface area contributed by atoms with E-state index in [0.717, 1.165) is 12.0 Å². The van der Waals surface area contributed by atoms with Crippen LogP contribution in [-0.4, -0.2) is 11.9 Å². The number of hydrogen-bond acceptors (Lipinski definition) is 2. The fraction of sp³-hybridized carbons (Fsp3) is 0.400. The molecule has 2 aliphatic rings. The maximum Gasteiger partial charge on any atom is 0.225 e. The van der Waals surface area contributed by atoms with Crippen LogP contribution in [0.25, 0.3) is 0 Å². The molecule has 94 valence electrons. The molecule has 1 amide bonds. The Bertz CT molecular complexity index is 469. The van der Waals surface area contributed by atoms with E-state index in [9.17, 15) is 4.79 Å². The van der Waals surface area contributed by atoms with Gasteiger partial charge in [-0.1, -0.05) is 42.5 Å². The fourth-order valence-electron chi connectivity index (χ4n) is 3.13. The minimum absolute atomic E-state index is 0.00391. The summed E-state index contributed by atoms with van der Waals surface area (Å²) in [5, 5.41) is 3.00. The molecule has 0 aromatic heterocycles. The molecule has 1 aromatic carbocycles. The SMILES string of the molecule is N[C@H]1[C@@H](C(=O)NCc2ccccc2)[C@@H]2C=C[C@H]1C2. The third-order valence-electron chi connectivity index (χ3n) is 4.13. The van der Waals surface area contributed by atoms with Gasteiger partial charge in [-0.3, -0.25) is 4.79 Å². The lowest BCUT2D eigenvalue weighted by molar-refractivity contribution is -0.126. The van der Waals surface area contributed by atoms with E-state index in [4.69, 9.17) is 5.73 Å². The monoisotopic (exact) mass is 242 g/mol. The Morgan fingerprint density at radius 2 is 1.94 bits per heavy atom. The lowest BCUT2D eigenvalue weighted by atomic mass is 9.88. The molecular weight excluding hydrogens is 224 g/mol. The van der Waals surface area contributed by atoms with Crippen LogP contribution >= 0.6 is 0 Å². The zero-order chi connectivity index (χ0) is 12.5. The minimum atomic E-state index is -0.0382. The van der Waals surface area contributed by atoms with Gasteiger partial charge in [-0.15, -0.1) is 0 Å². The first-order valence-corrected chi connectivity index (χ1v) is 6.51. The van der Waals surface area contributed by atoms with Crippen molar-refractivity contribution in [2.45, 2.75) is 19.0 Å². The molecule has 4 atom stereocenters. The Balaban J connectivity index is 1.61. The van der Waals surface area contributed by atoms with Crippen LogP contribution in [0.15, 0.2) is 42.5 Å². The first-order chi connectivity index (χ1) is 8.75. The summed E-state index contributed by atoms with van der Waals surface area (Å²) in [6.07, 6.45) is 5.36. The van der Waals surface area contributed by atoms with Crippen LogP contribution in [0.1, 0.15) is 12.0 Å². The number of allylic oxidation sites excluding steroid dienone is 1. The highest BCUT2D eigenvalue weighted by atomic mass is 16.1. The third kappa shape index (κ3) is 1.95. The van der Waals surface area contributed by atoms with Crippen molar-refractivity contribution >= 4 is 5.91 Å². The normalized spacial score (nSPS) is 32.7. The molecule has 2 bridgehead atoms. The summed E-state index contributed by atoms with van der Waals surface area (Å²) in [4.78, 5) is 12.2. The summed E-state index contributed by atoms with van der Waals surface area (Å²) in [5.74, 6) is 0.815. The summed E-state index contributed by atoms with van der Waals surface area (Å²) < 4.78 is 0. The first kappa shape index (κ1) is 11.5. The third-order valence-corrected chi connectivity index (χ3v) is 4.13. The Kier molecular flexibility index (Phi) is 2.92. The van der Waals surface area contributed by atoms with Crippen molar-refractivity contribution < 1.29 is 4.79 Å². The number of hydrogen-bond donors (Lipinski definition) is 2. The summed E-state index contributed by atoms with van der Waals surface area (Å²) >= 11 is 0. The maximum atomic E-state index is 12.2. The fourth-order valence-corrected chi connectivity index (χ4v) is 3.13. The van der Waals surface area contributed by atoms with Gasteiger partial charge in [0.05, 0.1) is 5.92 Å². The van der Waals surface area contributed by atoms with Gasteiger partial charge in [0.15, 0.2) is 0 Å². The average Bonchev–Trinajstić information content (AvgIpc) is 2.98. The van der Waals surface area contributed by atoms with Gasteiger partial charge in [-0.2, -0.15) is 0 Å². The van der Waals surface area contributed by atoms with Crippen molar-refractivity contribution in [2.24, 2.45) is 23.5 Å². The molecule has 0 saturated heterocycles. The van der Waals surface area contributed by atoms with E-state index in [1.54, 1.807) is 0 Å². The van der Waals surface area contributed by atoms with Gasteiger partial charge in [0.25, 0.3) is 0 Å². The molecule has 0 unspecified atom stereocenters. The van der Waals surface area contributed by atoms with E-state index in [2.05, 4.69) is 17.5 Å². The van der Waals surface area contributed by atoms with Crippen LogP contribution in [0.2, 0.25) is 0 Å². The second kappa shape index (κ2) is 4.58. The molecule has 0 spiro atoms. The van der Waals surface area contributed by atoms with Crippen LogP contribution < -0.4 is 11.1 Å². The average molecular weight is 242 g/mol. The van der Waals surface area contributed by atoms with Crippen molar-refractivity contribution in [3.8, 4) is 0 Å². The van der Waals surface area contributed by atoms with Crippen molar-refractivity contribution in [3.05, 3.63) is 48.0 Å². The standard InChI is InChI=1S/C15H18N2O/c16-14-12-7-6-11(8-12)13(14)15(18)17-9-10-4-2-1-3-5-10/h1-7,11-14H,8-9,16H2,(H,17,18)/t11-,12+,13+,14-/m1/s1. The zero-order valence-corrected chi connectivity index (χ0v) is 10.3. The largest absolute Gasteiger partial charge is 0.352 e. The van der Waals surface area contributed by atoms with Gasteiger partial charge < -0.3 is 11.1 Å². The highest BCUT2D eigenvalue weighted by molar-refractivity contribution is 5.80. The summed E-state index contributed by atoms with van der Waals surface area (Å²) in [6, 6.07) is 9.96. The van der Waals surface area contributed by atoms with Crippen molar-refractivity contribution in [2.75, 3.05) is 0 Å². The highest BCUT2D eigenvalue weighted by Crippen LogP contribution is 2.42. The van der Waals surface area contributed by atoms with E-state index in [1.807, 2.05) is 30.3 Å². The van der Waals surface area contributed by atoms with Crippen LogP contribution in [0.4, 0.5) is 0 Å². The predicted octanol–water partition coefficient (Wildman–Crippen LogP) is 1.45. The van der Waals surface area contributed by atoms with Crippen LogP contribution in [0, 0.1) is 17.8 Å². The van der Waals surface area contributed by atoms with E-state index in [1.165, 1.54) is 0 Å². The van der Waals surface area contributed by atoms with E-state index >= 15 is 0 Å². The molecule has 3 nitrogen and oxygen atoms in total. The number of rotatable bonds is 3. The number of carbonyl (C=O) groups excluding carboxylic acids is 1. The highest BCUT2D eigenvalue weighted by Gasteiger charge is 2.46. The second-order valence-electron chi connectivity index (χ2n) is 5.25. The van der Waals surface area contributed by atoms with Crippen LogP contribution in [-0.2, 0) is 11.3 Å². The van der Waals surface area contributed by atoms with E-state index in [-0.39, 0.29) is 17.9 Å². The van der Waals surface area contributed by atoms with Gasteiger partial charge in [0.1, 0.15) is 0 Å². The maximum absolute atomic E-state index is 12.2. The molecular formula is C15H18N2O. The van der Waals surface area contributed by atoms with Gasteiger partial charge >= 0.3 is 0 Å². The Morgan fingerprint density at radius 1 is 1.22 bits per heavy atom. The minimum Gasteiger partial charge on any atom is -0.352 e. The Hall–Kier alpha value is -1.61. The Morgan fingerprint density at radius 3 is 2.61 bits per heavy atom. The van der Waals surface area contributed by atoms with Crippen molar-refractivity contribution in [1.82, 2.24) is 5.32 Å². The molecule has 3 N–H and O–H groups in total. The molecule has 3 rings (SSSR count). The second-order valence-corrected chi connectivity index (χ2v) is 5.25.